The number of sulfonamides is 1. The Labute approximate surface area is 283 Å². The van der Waals surface area contributed by atoms with E-state index in [1.165, 1.54) is 18.2 Å². The topological polar surface area (TPSA) is 149 Å². The van der Waals surface area contributed by atoms with Crippen LogP contribution in [0.5, 0.6) is 5.75 Å². The molecule has 0 aliphatic carbocycles. The summed E-state index contributed by atoms with van der Waals surface area (Å²) in [6.07, 6.45) is 2.45. The van der Waals surface area contributed by atoms with Crippen molar-refractivity contribution in [1.29, 1.82) is 0 Å². The fourth-order valence-corrected chi connectivity index (χ4v) is 6.87. The molecule has 2 N–H and O–H groups in total. The SMILES string of the molecule is Cc1cc(OCCCn2nc(C(=O)NS(=O)(=O)c3ccc(NCC4CCN(C)CC4)c([N+](=O)[O-])c3)c3cc(Cl)ccc32)cc(C)c1Cl. The van der Waals surface area contributed by atoms with Gasteiger partial charge in [-0.25, -0.2) is 13.1 Å². The molecule has 4 aromatic rings. The minimum Gasteiger partial charge on any atom is -0.494 e. The van der Waals surface area contributed by atoms with Gasteiger partial charge in [0.25, 0.3) is 21.6 Å². The van der Waals surface area contributed by atoms with E-state index in [1.54, 1.807) is 16.8 Å². The van der Waals surface area contributed by atoms with Gasteiger partial charge in [0.15, 0.2) is 5.69 Å². The Hall–Kier alpha value is -3.91. The quantitative estimate of drug-likeness (QED) is 0.0998. The summed E-state index contributed by atoms with van der Waals surface area (Å²) < 4.78 is 36.1. The summed E-state index contributed by atoms with van der Waals surface area (Å²) in [4.78, 5) is 26.4. The first kappa shape index (κ1) is 34.4. The second-order valence-electron chi connectivity index (χ2n) is 11.8. The largest absolute Gasteiger partial charge is 0.494 e. The molecule has 0 radical (unpaired) electrons. The lowest BCUT2D eigenvalue weighted by Crippen LogP contribution is -2.33. The van der Waals surface area contributed by atoms with Crippen LogP contribution in [0.2, 0.25) is 10.0 Å². The van der Waals surface area contributed by atoms with Gasteiger partial charge < -0.3 is 15.0 Å². The number of halogens is 2. The van der Waals surface area contributed by atoms with Gasteiger partial charge in [0.05, 0.1) is 21.9 Å². The zero-order valence-electron chi connectivity index (χ0n) is 26.3. The van der Waals surface area contributed by atoms with E-state index in [0.29, 0.717) is 58.7 Å². The number of likely N-dealkylation sites (tertiary alicyclic amines) is 1. The fraction of sp³-hybridized carbons (Fsp3) is 0.375. The summed E-state index contributed by atoms with van der Waals surface area (Å²) in [5.41, 5.74) is 2.05. The highest BCUT2D eigenvalue weighted by atomic mass is 35.5. The van der Waals surface area contributed by atoms with Crippen LogP contribution in [0, 0.1) is 29.9 Å². The maximum atomic E-state index is 13.4. The minimum atomic E-state index is -4.50. The average molecular weight is 704 g/mol. The third kappa shape index (κ3) is 8.15. The molecule has 47 heavy (non-hydrogen) atoms. The molecule has 1 amide bonds. The standard InChI is InChI=1S/C32H36Cl2N6O6S/c1-20-15-24(16-21(2)30(20)34)46-14-4-11-39-28-8-5-23(33)17-26(28)31(36-39)32(41)37-47(44,45)25-6-7-27(29(18-25)40(42)43)35-19-22-9-12-38(3)13-10-22/h5-8,15-18,22,35H,4,9-14,19H2,1-3H3,(H,37,41). The number of rotatable bonds is 12. The normalized spacial score (nSPS) is 14.3. The summed E-state index contributed by atoms with van der Waals surface area (Å²) in [5, 5.41) is 20.8. The van der Waals surface area contributed by atoms with Gasteiger partial charge in [0.2, 0.25) is 0 Å². The van der Waals surface area contributed by atoms with Crippen molar-refractivity contribution in [2.75, 3.05) is 38.6 Å². The third-order valence-electron chi connectivity index (χ3n) is 8.24. The summed E-state index contributed by atoms with van der Waals surface area (Å²) in [6, 6.07) is 12.1. The third-order valence-corrected chi connectivity index (χ3v) is 10.4. The zero-order valence-corrected chi connectivity index (χ0v) is 28.6. The van der Waals surface area contributed by atoms with Crippen LogP contribution in [0.1, 0.15) is 40.9 Å². The van der Waals surface area contributed by atoms with Crippen molar-refractivity contribution in [2.45, 2.75) is 44.6 Å². The first-order valence-corrected chi connectivity index (χ1v) is 17.4. The molecule has 1 aromatic heterocycles. The molecule has 1 fully saturated rings. The minimum absolute atomic E-state index is 0.151. The van der Waals surface area contributed by atoms with Crippen LogP contribution in [0.3, 0.4) is 0 Å². The van der Waals surface area contributed by atoms with Crippen LogP contribution in [0.25, 0.3) is 10.9 Å². The van der Waals surface area contributed by atoms with E-state index in [-0.39, 0.29) is 11.4 Å². The number of carbonyl (C=O) groups is 1. The van der Waals surface area contributed by atoms with Gasteiger partial charge in [-0.1, -0.05) is 23.2 Å². The number of anilines is 1. The van der Waals surface area contributed by atoms with Crippen LogP contribution in [0.4, 0.5) is 11.4 Å². The molecule has 3 aromatic carbocycles. The summed E-state index contributed by atoms with van der Waals surface area (Å²) >= 11 is 12.5. The van der Waals surface area contributed by atoms with Gasteiger partial charge in [-0.2, -0.15) is 5.10 Å². The summed E-state index contributed by atoms with van der Waals surface area (Å²) in [6.45, 7) is 6.95. The van der Waals surface area contributed by atoms with E-state index < -0.39 is 31.4 Å². The highest BCUT2D eigenvalue weighted by Crippen LogP contribution is 2.30. The Balaban J connectivity index is 1.29. The maximum Gasteiger partial charge on any atom is 0.293 e. The Morgan fingerprint density at radius 3 is 2.47 bits per heavy atom. The molecule has 250 valence electrons. The molecule has 0 bridgehead atoms. The number of ether oxygens (including phenoxy) is 1. The Bertz CT molecular complexity index is 1900. The lowest BCUT2D eigenvalue weighted by Gasteiger charge is -2.29. The van der Waals surface area contributed by atoms with Gasteiger partial charge in [0, 0.05) is 41.0 Å². The first-order valence-electron chi connectivity index (χ1n) is 15.2. The number of amides is 1. The van der Waals surface area contributed by atoms with E-state index in [9.17, 15) is 23.3 Å². The molecule has 0 unspecified atom stereocenters. The summed E-state index contributed by atoms with van der Waals surface area (Å²) in [7, 11) is -2.45. The molecular formula is C32H36Cl2N6O6S. The van der Waals surface area contributed by atoms with E-state index in [4.69, 9.17) is 27.9 Å². The van der Waals surface area contributed by atoms with Gasteiger partial charge in [-0.3, -0.25) is 19.6 Å². The molecule has 0 saturated carbocycles. The van der Waals surface area contributed by atoms with Crippen molar-refractivity contribution < 1.29 is 22.9 Å². The predicted molar refractivity (Wildman–Crippen MR) is 182 cm³/mol. The van der Waals surface area contributed by atoms with E-state index >= 15 is 0 Å². The maximum absolute atomic E-state index is 13.4. The van der Waals surface area contributed by atoms with E-state index in [0.717, 1.165) is 43.1 Å². The highest BCUT2D eigenvalue weighted by Gasteiger charge is 2.27. The molecule has 2 heterocycles. The second kappa shape index (κ2) is 14.5. The number of nitro benzene ring substituents is 1. The Morgan fingerprint density at radius 1 is 1.09 bits per heavy atom. The average Bonchev–Trinajstić information content (AvgIpc) is 3.38. The number of carbonyl (C=O) groups excluding carboxylic acids is 1. The molecule has 0 spiro atoms. The Kier molecular flexibility index (Phi) is 10.6. The smallest absolute Gasteiger partial charge is 0.293 e. The molecule has 1 aliphatic heterocycles. The number of benzene rings is 3. The van der Waals surface area contributed by atoms with Crippen molar-refractivity contribution >= 4 is 61.4 Å². The molecule has 12 nitrogen and oxygen atoms in total. The number of hydrogen-bond acceptors (Lipinski definition) is 9. The number of piperidine rings is 1. The first-order chi connectivity index (χ1) is 22.3. The fourth-order valence-electron chi connectivity index (χ4n) is 5.61. The number of nitrogens with zero attached hydrogens (tertiary/aromatic N) is 4. The highest BCUT2D eigenvalue weighted by molar-refractivity contribution is 7.90. The van der Waals surface area contributed by atoms with Crippen LogP contribution < -0.4 is 14.8 Å². The van der Waals surface area contributed by atoms with Gasteiger partial charge in [-0.15, -0.1) is 0 Å². The van der Waals surface area contributed by atoms with Crippen molar-refractivity contribution in [2.24, 2.45) is 5.92 Å². The number of aryl methyl sites for hydroxylation is 3. The van der Waals surface area contributed by atoms with Crippen molar-refractivity contribution in [3.8, 4) is 5.75 Å². The van der Waals surface area contributed by atoms with Crippen molar-refractivity contribution in [3.63, 3.8) is 0 Å². The van der Waals surface area contributed by atoms with Crippen molar-refractivity contribution in [1.82, 2.24) is 19.4 Å². The molecule has 1 saturated heterocycles. The number of hydrogen-bond donors (Lipinski definition) is 2. The number of fused-ring (bicyclic) bond motifs is 1. The van der Waals surface area contributed by atoms with Crippen LogP contribution >= 0.6 is 23.2 Å². The van der Waals surface area contributed by atoms with Crippen LogP contribution in [-0.2, 0) is 16.6 Å². The molecule has 1 aliphatic rings. The Morgan fingerprint density at radius 2 is 1.79 bits per heavy atom. The van der Waals surface area contributed by atoms with Crippen LogP contribution in [0.15, 0.2) is 53.4 Å². The zero-order chi connectivity index (χ0) is 33.9. The second-order valence-corrected chi connectivity index (χ2v) is 14.3. The van der Waals surface area contributed by atoms with Gasteiger partial charge in [0.1, 0.15) is 11.4 Å². The van der Waals surface area contributed by atoms with Crippen molar-refractivity contribution in [3.05, 3.63) is 85.5 Å². The number of nitro groups is 1. The lowest BCUT2D eigenvalue weighted by atomic mass is 9.97. The number of aromatic nitrogens is 2. The molecule has 5 rings (SSSR count). The molecule has 0 atom stereocenters. The van der Waals surface area contributed by atoms with E-state index in [1.807, 2.05) is 30.7 Å². The molecule has 15 heteroatoms. The number of nitrogens with one attached hydrogen (secondary N) is 2. The van der Waals surface area contributed by atoms with Crippen LogP contribution in [-0.4, -0.2) is 67.2 Å². The predicted octanol–water partition coefficient (Wildman–Crippen LogP) is 6.21. The monoisotopic (exact) mass is 702 g/mol. The van der Waals surface area contributed by atoms with E-state index in [2.05, 4.69) is 22.4 Å². The van der Waals surface area contributed by atoms with Gasteiger partial charge >= 0.3 is 0 Å². The lowest BCUT2D eigenvalue weighted by molar-refractivity contribution is -0.384. The molecular weight excluding hydrogens is 667 g/mol. The van der Waals surface area contributed by atoms with Gasteiger partial charge in [-0.05, 0) is 106 Å². The summed E-state index contributed by atoms with van der Waals surface area (Å²) in [5.74, 6) is 0.0424.